The summed E-state index contributed by atoms with van der Waals surface area (Å²) in [6.07, 6.45) is 3.68. The molecular formula is C26H29N7O2. The molecule has 2 N–H and O–H groups in total. The predicted molar refractivity (Wildman–Crippen MR) is 138 cm³/mol. The van der Waals surface area contributed by atoms with Crippen molar-refractivity contribution < 1.29 is 0 Å². The highest BCUT2D eigenvalue weighted by Gasteiger charge is 2.26. The number of aryl methyl sites for hydroxylation is 2. The first-order chi connectivity index (χ1) is 16.9. The van der Waals surface area contributed by atoms with Crippen LogP contribution in [0.5, 0.6) is 0 Å². The maximum absolute atomic E-state index is 13.8. The molecule has 35 heavy (non-hydrogen) atoms. The van der Waals surface area contributed by atoms with Gasteiger partial charge in [0.25, 0.3) is 5.56 Å². The van der Waals surface area contributed by atoms with Gasteiger partial charge in [0.1, 0.15) is 0 Å². The van der Waals surface area contributed by atoms with Crippen LogP contribution in [0.2, 0.25) is 0 Å². The number of imidazole rings is 1. The average molecular weight is 472 g/mol. The lowest BCUT2D eigenvalue weighted by atomic mass is 10.1. The van der Waals surface area contributed by atoms with Gasteiger partial charge in [-0.25, -0.2) is 4.79 Å². The number of hydrogen-bond donors (Lipinski definition) is 1. The Bertz CT molecular complexity index is 1620. The topological polar surface area (TPSA) is 104 Å². The third kappa shape index (κ3) is 3.90. The maximum atomic E-state index is 13.8. The van der Waals surface area contributed by atoms with Crippen molar-refractivity contribution in [2.24, 2.45) is 12.8 Å². The number of pyridine rings is 1. The Hall–Kier alpha value is -3.90. The van der Waals surface area contributed by atoms with Crippen molar-refractivity contribution in [3.63, 3.8) is 0 Å². The van der Waals surface area contributed by atoms with E-state index in [9.17, 15) is 9.59 Å². The van der Waals surface area contributed by atoms with Gasteiger partial charge in [-0.3, -0.25) is 23.5 Å². The normalized spacial score (nSPS) is 16.0. The molecule has 1 unspecified atom stereocenters. The summed E-state index contributed by atoms with van der Waals surface area (Å²) in [4.78, 5) is 38.6. The summed E-state index contributed by atoms with van der Waals surface area (Å²) in [6.45, 7) is 5.56. The van der Waals surface area contributed by atoms with Gasteiger partial charge in [-0.05, 0) is 37.6 Å². The lowest BCUT2D eigenvalue weighted by molar-refractivity contribution is 0.496. The molecule has 0 amide bonds. The first-order valence-electron chi connectivity index (χ1n) is 11.8. The number of hydrogen-bond acceptors (Lipinski definition) is 6. The van der Waals surface area contributed by atoms with Crippen LogP contribution in [0.15, 0.2) is 40.1 Å². The van der Waals surface area contributed by atoms with Gasteiger partial charge in [-0.1, -0.05) is 30.2 Å². The van der Waals surface area contributed by atoms with E-state index in [0.29, 0.717) is 35.9 Å². The average Bonchev–Trinajstić information content (AvgIpc) is 3.25. The molecule has 5 rings (SSSR count). The van der Waals surface area contributed by atoms with Crippen LogP contribution in [0, 0.1) is 18.8 Å². The minimum absolute atomic E-state index is 0.0376. The molecule has 1 atom stereocenters. The van der Waals surface area contributed by atoms with E-state index in [1.807, 2.05) is 35.8 Å². The van der Waals surface area contributed by atoms with E-state index >= 15 is 0 Å². The second-order valence-electron chi connectivity index (χ2n) is 9.11. The first-order valence-corrected chi connectivity index (χ1v) is 11.8. The van der Waals surface area contributed by atoms with Crippen molar-refractivity contribution in [3.05, 3.63) is 62.6 Å². The van der Waals surface area contributed by atoms with Crippen molar-refractivity contribution in [1.82, 2.24) is 23.7 Å². The second-order valence-corrected chi connectivity index (χ2v) is 9.11. The highest BCUT2D eigenvalue weighted by molar-refractivity contribution is 5.87. The van der Waals surface area contributed by atoms with E-state index in [1.165, 1.54) is 9.13 Å². The molecule has 0 spiro atoms. The molecule has 9 nitrogen and oxygen atoms in total. The standard InChI is InChI=1S/C26H29N7O2/c1-4-5-13-32-22-23(29-25(32)31-12-8-9-18(27)15-31)30(3)26(35)33(24(22)34)16-21-20-11-7-6-10-19(20)17(2)14-28-21/h6-7,10-11,14,18H,8-9,12-13,15-16,27H2,1-3H3. The van der Waals surface area contributed by atoms with Gasteiger partial charge >= 0.3 is 5.69 Å². The van der Waals surface area contributed by atoms with Gasteiger partial charge in [-0.2, -0.15) is 4.98 Å². The van der Waals surface area contributed by atoms with Crippen molar-refractivity contribution >= 4 is 27.9 Å². The summed E-state index contributed by atoms with van der Waals surface area (Å²) in [7, 11) is 1.65. The van der Waals surface area contributed by atoms with E-state index in [4.69, 9.17) is 10.7 Å². The van der Waals surface area contributed by atoms with Gasteiger partial charge in [0.05, 0.1) is 18.8 Å². The molecule has 1 aromatic carbocycles. The highest BCUT2D eigenvalue weighted by Crippen LogP contribution is 2.24. The zero-order chi connectivity index (χ0) is 24.7. The second kappa shape index (κ2) is 9.04. The zero-order valence-corrected chi connectivity index (χ0v) is 20.3. The molecule has 0 radical (unpaired) electrons. The Morgan fingerprint density at radius 3 is 2.69 bits per heavy atom. The van der Waals surface area contributed by atoms with Gasteiger partial charge in [0.15, 0.2) is 11.2 Å². The van der Waals surface area contributed by atoms with Crippen molar-refractivity contribution in [2.45, 2.75) is 45.8 Å². The van der Waals surface area contributed by atoms with Crippen molar-refractivity contribution in [3.8, 4) is 11.8 Å². The molecule has 1 saturated heterocycles. The lowest BCUT2D eigenvalue weighted by Gasteiger charge is -2.31. The largest absolute Gasteiger partial charge is 0.341 e. The molecule has 1 aliphatic rings. The molecule has 0 saturated carbocycles. The van der Waals surface area contributed by atoms with E-state index in [2.05, 4.69) is 21.7 Å². The summed E-state index contributed by atoms with van der Waals surface area (Å²) in [5.74, 6) is 6.59. The molecule has 0 bridgehead atoms. The monoisotopic (exact) mass is 471 g/mol. The number of nitrogens with zero attached hydrogens (tertiary/aromatic N) is 6. The van der Waals surface area contributed by atoms with E-state index in [1.54, 1.807) is 20.2 Å². The third-order valence-electron chi connectivity index (χ3n) is 6.75. The number of fused-ring (bicyclic) bond motifs is 2. The number of nitrogens with two attached hydrogens (primary N) is 1. The van der Waals surface area contributed by atoms with Gasteiger partial charge in [0.2, 0.25) is 5.95 Å². The van der Waals surface area contributed by atoms with Crippen LogP contribution in [-0.2, 0) is 20.1 Å². The van der Waals surface area contributed by atoms with Crippen molar-refractivity contribution in [1.29, 1.82) is 0 Å². The van der Waals surface area contributed by atoms with Gasteiger partial charge < -0.3 is 10.6 Å². The van der Waals surface area contributed by atoms with Crippen LogP contribution in [0.3, 0.4) is 0 Å². The number of benzene rings is 1. The summed E-state index contributed by atoms with van der Waals surface area (Å²) >= 11 is 0. The lowest BCUT2D eigenvalue weighted by Crippen LogP contribution is -2.44. The Kier molecular flexibility index (Phi) is 5.91. The van der Waals surface area contributed by atoms with E-state index in [-0.39, 0.29) is 12.6 Å². The van der Waals surface area contributed by atoms with Crippen LogP contribution in [0.4, 0.5) is 5.95 Å². The quantitative estimate of drug-likeness (QED) is 0.455. The van der Waals surface area contributed by atoms with E-state index in [0.717, 1.165) is 35.7 Å². The molecular weight excluding hydrogens is 442 g/mol. The molecule has 180 valence electrons. The minimum Gasteiger partial charge on any atom is -0.341 e. The Balaban J connectivity index is 1.72. The number of anilines is 1. The third-order valence-corrected chi connectivity index (χ3v) is 6.75. The molecule has 0 aliphatic carbocycles. The molecule has 1 aliphatic heterocycles. The molecule has 3 aromatic heterocycles. The first kappa shape index (κ1) is 22.9. The van der Waals surface area contributed by atoms with Crippen LogP contribution >= 0.6 is 0 Å². The molecule has 4 aromatic rings. The zero-order valence-electron chi connectivity index (χ0n) is 20.3. The number of piperidine rings is 1. The number of aromatic nitrogens is 5. The summed E-state index contributed by atoms with van der Waals surface area (Å²) in [5, 5.41) is 1.98. The summed E-state index contributed by atoms with van der Waals surface area (Å²) < 4.78 is 4.51. The molecule has 9 heteroatoms. The fraction of sp³-hybridized carbons (Fsp3) is 0.385. The van der Waals surface area contributed by atoms with E-state index < -0.39 is 11.2 Å². The smallest absolute Gasteiger partial charge is 0.332 e. The molecule has 1 fully saturated rings. The van der Waals surface area contributed by atoms with Gasteiger partial charge in [-0.15, -0.1) is 5.92 Å². The number of rotatable bonds is 4. The summed E-state index contributed by atoms with van der Waals surface area (Å²) in [6, 6.07) is 7.93. The maximum Gasteiger partial charge on any atom is 0.332 e. The fourth-order valence-electron chi connectivity index (χ4n) is 4.91. The van der Waals surface area contributed by atoms with Crippen LogP contribution in [-0.4, -0.2) is 42.8 Å². The van der Waals surface area contributed by atoms with Crippen LogP contribution in [0.1, 0.15) is 31.0 Å². The SMILES string of the molecule is CC#CCn1c(N2CCCC(N)C2)nc2c1c(=O)n(Cc1ncc(C)c3ccccc13)c(=O)n2C. The fourth-order valence-corrected chi connectivity index (χ4v) is 4.91. The highest BCUT2D eigenvalue weighted by atomic mass is 16.2. The minimum atomic E-state index is -0.429. The van der Waals surface area contributed by atoms with Crippen molar-refractivity contribution in [2.75, 3.05) is 18.0 Å². The Labute approximate surface area is 202 Å². The van der Waals surface area contributed by atoms with Crippen LogP contribution in [0.25, 0.3) is 21.9 Å². The Morgan fingerprint density at radius 1 is 1.17 bits per heavy atom. The predicted octanol–water partition coefficient (Wildman–Crippen LogP) is 1.75. The molecule has 4 heterocycles. The van der Waals surface area contributed by atoms with Crippen LogP contribution < -0.4 is 21.9 Å². The Morgan fingerprint density at radius 2 is 1.94 bits per heavy atom. The van der Waals surface area contributed by atoms with Gasteiger partial charge in [0, 0.05) is 37.8 Å². The summed E-state index contributed by atoms with van der Waals surface area (Å²) in [5.41, 5.74) is 7.83.